The van der Waals surface area contributed by atoms with Crippen molar-refractivity contribution in [3.05, 3.63) is 35.9 Å². The standard InChI is InChI=1S/C17H24O7/c18-16(19)6-8-21-10-12-23-13-11-22-9-7-17(20)24-14-15-4-2-1-3-5-15/h1-5H,6-14H2,(H,18,19). The summed E-state index contributed by atoms with van der Waals surface area (Å²) in [7, 11) is 0. The molecule has 1 N–H and O–H groups in total. The molecule has 0 atom stereocenters. The first-order chi connectivity index (χ1) is 11.7. The number of carboxylic acid groups (broad SMARTS) is 1. The van der Waals surface area contributed by atoms with Gasteiger partial charge in [0, 0.05) is 0 Å². The van der Waals surface area contributed by atoms with Crippen molar-refractivity contribution in [2.45, 2.75) is 19.4 Å². The number of carbonyl (C=O) groups is 2. The molecular weight excluding hydrogens is 316 g/mol. The third-order valence-electron chi connectivity index (χ3n) is 2.90. The number of carbonyl (C=O) groups excluding carboxylic acids is 1. The number of rotatable bonds is 14. The summed E-state index contributed by atoms with van der Waals surface area (Å²) >= 11 is 0. The molecule has 1 aromatic carbocycles. The van der Waals surface area contributed by atoms with Crippen molar-refractivity contribution in [1.29, 1.82) is 0 Å². The van der Waals surface area contributed by atoms with Crippen LogP contribution in [0.2, 0.25) is 0 Å². The highest BCUT2D eigenvalue weighted by Gasteiger charge is 2.03. The van der Waals surface area contributed by atoms with Gasteiger partial charge in [0.1, 0.15) is 6.61 Å². The van der Waals surface area contributed by atoms with Gasteiger partial charge in [0.15, 0.2) is 0 Å². The Morgan fingerprint density at radius 3 is 1.92 bits per heavy atom. The second-order valence-corrected chi connectivity index (χ2v) is 4.88. The smallest absolute Gasteiger partial charge is 0.308 e. The van der Waals surface area contributed by atoms with Gasteiger partial charge in [-0.3, -0.25) is 9.59 Å². The molecule has 134 valence electrons. The van der Waals surface area contributed by atoms with Gasteiger partial charge in [-0.15, -0.1) is 0 Å². The number of esters is 1. The topological polar surface area (TPSA) is 91.3 Å². The molecule has 0 spiro atoms. The Balaban J connectivity index is 1.84. The van der Waals surface area contributed by atoms with E-state index in [1.807, 2.05) is 30.3 Å². The van der Waals surface area contributed by atoms with Crippen molar-refractivity contribution in [2.24, 2.45) is 0 Å². The maximum absolute atomic E-state index is 11.5. The molecule has 24 heavy (non-hydrogen) atoms. The predicted molar refractivity (Wildman–Crippen MR) is 85.6 cm³/mol. The van der Waals surface area contributed by atoms with Crippen molar-refractivity contribution >= 4 is 11.9 Å². The number of aliphatic carboxylic acids is 1. The second-order valence-electron chi connectivity index (χ2n) is 4.88. The first kappa shape index (κ1) is 20.1. The van der Waals surface area contributed by atoms with Crippen LogP contribution in [0.15, 0.2) is 30.3 Å². The average molecular weight is 340 g/mol. The van der Waals surface area contributed by atoms with Crippen molar-refractivity contribution < 1.29 is 33.6 Å². The Labute approximate surface area is 141 Å². The fourth-order valence-electron chi connectivity index (χ4n) is 1.67. The van der Waals surface area contributed by atoms with Gasteiger partial charge in [-0.05, 0) is 5.56 Å². The summed E-state index contributed by atoms with van der Waals surface area (Å²) in [6.07, 6.45) is 0.189. The minimum absolute atomic E-state index is 0.0104. The van der Waals surface area contributed by atoms with Crippen LogP contribution >= 0.6 is 0 Å². The van der Waals surface area contributed by atoms with E-state index < -0.39 is 5.97 Å². The van der Waals surface area contributed by atoms with Crippen LogP contribution < -0.4 is 0 Å². The van der Waals surface area contributed by atoms with Crippen molar-refractivity contribution in [3.8, 4) is 0 Å². The molecule has 0 radical (unpaired) electrons. The molecule has 0 aliphatic rings. The van der Waals surface area contributed by atoms with Gasteiger partial charge >= 0.3 is 11.9 Å². The molecule has 0 aromatic heterocycles. The SMILES string of the molecule is O=C(O)CCOCCOCCOCCC(=O)OCc1ccccc1. The minimum Gasteiger partial charge on any atom is -0.481 e. The highest BCUT2D eigenvalue weighted by Crippen LogP contribution is 2.01. The quantitative estimate of drug-likeness (QED) is 0.407. The van der Waals surface area contributed by atoms with E-state index in [0.717, 1.165) is 5.56 Å². The summed E-state index contributed by atoms with van der Waals surface area (Å²) in [5.41, 5.74) is 0.950. The lowest BCUT2D eigenvalue weighted by Crippen LogP contribution is -2.13. The van der Waals surface area contributed by atoms with Crippen molar-refractivity contribution in [2.75, 3.05) is 39.6 Å². The monoisotopic (exact) mass is 340 g/mol. The van der Waals surface area contributed by atoms with E-state index in [2.05, 4.69) is 0 Å². The Kier molecular flexibility index (Phi) is 11.3. The second kappa shape index (κ2) is 13.5. The number of hydrogen-bond acceptors (Lipinski definition) is 6. The minimum atomic E-state index is -0.883. The van der Waals surface area contributed by atoms with Gasteiger partial charge < -0.3 is 24.1 Å². The Hall–Kier alpha value is -1.96. The zero-order valence-corrected chi connectivity index (χ0v) is 13.6. The lowest BCUT2D eigenvalue weighted by Gasteiger charge is -2.07. The maximum atomic E-state index is 11.5. The fourth-order valence-corrected chi connectivity index (χ4v) is 1.67. The van der Waals surface area contributed by atoms with Crippen LogP contribution in [0, 0.1) is 0 Å². The number of hydrogen-bond donors (Lipinski definition) is 1. The molecule has 1 rings (SSSR count). The van der Waals surface area contributed by atoms with Gasteiger partial charge in [0.2, 0.25) is 0 Å². The largest absolute Gasteiger partial charge is 0.481 e. The van der Waals surface area contributed by atoms with Crippen LogP contribution in [0.25, 0.3) is 0 Å². The summed E-state index contributed by atoms with van der Waals surface area (Å²) in [6.45, 7) is 2.22. The molecule has 0 fully saturated rings. The van der Waals surface area contributed by atoms with E-state index in [9.17, 15) is 9.59 Å². The summed E-state index contributed by atoms with van der Waals surface area (Å²) in [5, 5.41) is 8.41. The van der Waals surface area contributed by atoms with Crippen molar-refractivity contribution in [3.63, 3.8) is 0 Å². The third kappa shape index (κ3) is 11.6. The zero-order valence-electron chi connectivity index (χ0n) is 13.6. The average Bonchev–Trinajstić information content (AvgIpc) is 2.58. The molecule has 0 heterocycles. The lowest BCUT2D eigenvalue weighted by atomic mass is 10.2. The van der Waals surface area contributed by atoms with Gasteiger partial charge in [-0.2, -0.15) is 0 Å². The molecular formula is C17H24O7. The van der Waals surface area contributed by atoms with Crippen LogP contribution in [0.1, 0.15) is 18.4 Å². The van der Waals surface area contributed by atoms with Crippen LogP contribution in [-0.2, 0) is 35.1 Å². The molecule has 0 saturated heterocycles. The summed E-state index contributed by atoms with van der Waals surface area (Å²) in [6, 6.07) is 9.48. The molecule has 0 aliphatic heterocycles. The number of ether oxygens (including phenoxy) is 4. The van der Waals surface area contributed by atoms with Gasteiger partial charge in [-0.1, -0.05) is 30.3 Å². The van der Waals surface area contributed by atoms with E-state index in [1.165, 1.54) is 0 Å². The third-order valence-corrected chi connectivity index (χ3v) is 2.90. The number of carboxylic acids is 1. The van der Waals surface area contributed by atoms with E-state index in [-0.39, 0.29) is 38.6 Å². The van der Waals surface area contributed by atoms with Crippen LogP contribution in [0.4, 0.5) is 0 Å². The van der Waals surface area contributed by atoms with Crippen molar-refractivity contribution in [1.82, 2.24) is 0 Å². The Morgan fingerprint density at radius 1 is 0.792 bits per heavy atom. The van der Waals surface area contributed by atoms with Crippen LogP contribution in [0.5, 0.6) is 0 Å². The Bertz CT molecular complexity index is 461. The molecule has 0 aliphatic carbocycles. The molecule has 1 aromatic rings. The summed E-state index contributed by atoms with van der Waals surface area (Å²) in [4.78, 5) is 21.7. The van der Waals surface area contributed by atoms with E-state index in [0.29, 0.717) is 26.4 Å². The van der Waals surface area contributed by atoms with Crippen LogP contribution in [0.3, 0.4) is 0 Å². The maximum Gasteiger partial charge on any atom is 0.308 e. The van der Waals surface area contributed by atoms with Gasteiger partial charge in [0.25, 0.3) is 0 Å². The predicted octanol–water partition coefficient (Wildman–Crippen LogP) is 1.64. The fraction of sp³-hybridized carbons (Fsp3) is 0.529. The zero-order chi connectivity index (χ0) is 17.5. The Morgan fingerprint density at radius 2 is 1.33 bits per heavy atom. The van der Waals surface area contributed by atoms with E-state index in [1.54, 1.807) is 0 Å². The normalized spacial score (nSPS) is 10.5. The van der Waals surface area contributed by atoms with Gasteiger partial charge in [0.05, 0.1) is 52.5 Å². The summed E-state index contributed by atoms with van der Waals surface area (Å²) in [5.74, 6) is -1.18. The molecule has 7 nitrogen and oxygen atoms in total. The highest BCUT2D eigenvalue weighted by atomic mass is 16.5. The summed E-state index contributed by atoms with van der Waals surface area (Å²) < 4.78 is 20.7. The first-order valence-corrected chi connectivity index (χ1v) is 7.83. The van der Waals surface area contributed by atoms with Crippen LogP contribution in [-0.4, -0.2) is 56.7 Å². The molecule has 0 saturated carbocycles. The first-order valence-electron chi connectivity index (χ1n) is 7.83. The lowest BCUT2D eigenvalue weighted by molar-refractivity contribution is -0.146. The van der Waals surface area contributed by atoms with E-state index in [4.69, 9.17) is 24.1 Å². The molecule has 0 bridgehead atoms. The van der Waals surface area contributed by atoms with E-state index >= 15 is 0 Å². The molecule has 7 heteroatoms. The number of benzene rings is 1. The van der Waals surface area contributed by atoms with Gasteiger partial charge in [-0.25, -0.2) is 0 Å². The molecule has 0 unspecified atom stereocenters. The molecule has 0 amide bonds. The highest BCUT2D eigenvalue weighted by molar-refractivity contribution is 5.69.